The number of hydrazone groups is 1. The molecule has 186 valence electrons. The number of benzene rings is 3. The van der Waals surface area contributed by atoms with Crippen LogP contribution >= 0.6 is 39.1 Å². The molecule has 10 heteroatoms. The molecule has 7 nitrogen and oxygen atoms in total. The van der Waals surface area contributed by atoms with E-state index in [1.807, 2.05) is 19.1 Å². The Hall–Kier alpha value is -3.20. The van der Waals surface area contributed by atoms with Gasteiger partial charge in [0.15, 0.2) is 17.3 Å². The maximum atomic E-state index is 12.5. The van der Waals surface area contributed by atoms with Crippen LogP contribution in [0.25, 0.3) is 11.0 Å². The highest BCUT2D eigenvalue weighted by Gasteiger charge is 2.14. The quantitative estimate of drug-likeness (QED) is 0.164. The van der Waals surface area contributed by atoms with Gasteiger partial charge in [-0.1, -0.05) is 29.3 Å². The highest BCUT2D eigenvalue weighted by atomic mass is 79.9. The van der Waals surface area contributed by atoms with E-state index >= 15 is 0 Å². The van der Waals surface area contributed by atoms with E-state index in [2.05, 4.69) is 26.5 Å². The Bertz CT molecular complexity index is 1440. The first-order valence-corrected chi connectivity index (χ1v) is 12.4. The number of ether oxygens (including phenoxy) is 3. The van der Waals surface area contributed by atoms with E-state index in [-0.39, 0.29) is 12.4 Å². The summed E-state index contributed by atoms with van der Waals surface area (Å²) in [6.07, 6.45) is 1.49. The van der Waals surface area contributed by atoms with Gasteiger partial charge >= 0.3 is 5.91 Å². The number of nitrogens with one attached hydrogen (secondary N) is 1. The fourth-order valence-corrected chi connectivity index (χ4v) is 4.24. The summed E-state index contributed by atoms with van der Waals surface area (Å²) in [6, 6.07) is 15.8. The van der Waals surface area contributed by atoms with Gasteiger partial charge in [0, 0.05) is 5.39 Å². The predicted octanol–water partition coefficient (Wildman–Crippen LogP) is 7.25. The molecule has 36 heavy (non-hydrogen) atoms. The van der Waals surface area contributed by atoms with Gasteiger partial charge in [0.05, 0.1) is 34.4 Å². The number of hydrogen-bond donors (Lipinski definition) is 1. The molecule has 0 unspecified atom stereocenters. The third kappa shape index (κ3) is 6.13. The van der Waals surface area contributed by atoms with E-state index in [1.54, 1.807) is 42.5 Å². The zero-order chi connectivity index (χ0) is 25.7. The minimum atomic E-state index is -0.479. The number of carbonyl (C=O) groups excluding carboxylic acids is 1. The van der Waals surface area contributed by atoms with Gasteiger partial charge in [0.25, 0.3) is 0 Å². The second-order valence-corrected chi connectivity index (χ2v) is 9.18. The number of hydrogen-bond acceptors (Lipinski definition) is 6. The lowest BCUT2D eigenvalue weighted by molar-refractivity contribution is 0.0929. The molecular formula is C26H21BrCl2N2O5. The molecular weight excluding hydrogens is 571 g/mol. The number of fused-ring (bicyclic) bond motifs is 1. The maximum Gasteiger partial charge on any atom is 0.307 e. The zero-order valence-corrected chi connectivity index (χ0v) is 22.4. The van der Waals surface area contributed by atoms with E-state index in [4.69, 9.17) is 41.8 Å². The van der Waals surface area contributed by atoms with Crippen molar-refractivity contribution in [1.29, 1.82) is 0 Å². The minimum Gasteiger partial charge on any atom is -0.494 e. The molecule has 0 aliphatic heterocycles. The minimum absolute atomic E-state index is 0.139. The normalized spacial score (nSPS) is 11.1. The van der Waals surface area contributed by atoms with Crippen LogP contribution in [-0.2, 0) is 6.61 Å². The Kier molecular flexibility index (Phi) is 8.40. The first-order chi connectivity index (χ1) is 17.4. The number of nitrogens with zero attached hydrogens (tertiary/aromatic N) is 1. The van der Waals surface area contributed by atoms with Crippen molar-refractivity contribution >= 4 is 62.2 Å². The molecule has 0 radical (unpaired) electrons. The van der Waals surface area contributed by atoms with Crippen molar-refractivity contribution in [3.05, 3.63) is 86.0 Å². The van der Waals surface area contributed by atoms with Gasteiger partial charge in [-0.15, -0.1) is 0 Å². The van der Waals surface area contributed by atoms with Gasteiger partial charge in [-0.2, -0.15) is 5.10 Å². The van der Waals surface area contributed by atoms with Gasteiger partial charge in [0.1, 0.15) is 17.9 Å². The Morgan fingerprint density at radius 3 is 2.67 bits per heavy atom. The van der Waals surface area contributed by atoms with Crippen LogP contribution in [0.4, 0.5) is 0 Å². The Morgan fingerprint density at radius 1 is 1.08 bits per heavy atom. The summed E-state index contributed by atoms with van der Waals surface area (Å²) in [6.45, 7) is 2.72. The van der Waals surface area contributed by atoms with Crippen LogP contribution in [0.5, 0.6) is 17.2 Å². The van der Waals surface area contributed by atoms with Gasteiger partial charge in [-0.3, -0.25) is 4.79 Å². The van der Waals surface area contributed by atoms with Crippen LogP contribution in [0.1, 0.15) is 28.6 Å². The Balaban J connectivity index is 1.43. The summed E-state index contributed by atoms with van der Waals surface area (Å²) >= 11 is 15.6. The molecule has 1 aromatic heterocycles. The lowest BCUT2D eigenvalue weighted by Crippen LogP contribution is -2.16. The summed E-state index contributed by atoms with van der Waals surface area (Å²) in [5.41, 5.74) is 4.58. The molecule has 0 atom stereocenters. The molecule has 0 aliphatic carbocycles. The van der Waals surface area contributed by atoms with Gasteiger partial charge in [-0.25, -0.2) is 5.43 Å². The van der Waals surface area contributed by atoms with E-state index in [0.717, 1.165) is 10.9 Å². The summed E-state index contributed by atoms with van der Waals surface area (Å²) in [5, 5.41) is 5.73. The molecule has 0 aliphatic rings. The molecule has 0 saturated carbocycles. The molecule has 3 aromatic carbocycles. The van der Waals surface area contributed by atoms with E-state index in [1.165, 1.54) is 13.3 Å². The highest BCUT2D eigenvalue weighted by Crippen LogP contribution is 2.37. The third-order valence-corrected chi connectivity index (χ3v) is 6.35. The summed E-state index contributed by atoms with van der Waals surface area (Å²) in [7, 11) is 1.54. The van der Waals surface area contributed by atoms with Crippen molar-refractivity contribution < 1.29 is 23.4 Å². The van der Waals surface area contributed by atoms with E-state index in [0.29, 0.717) is 49.5 Å². The molecule has 4 rings (SSSR count). The molecule has 1 N–H and O–H groups in total. The monoisotopic (exact) mass is 590 g/mol. The zero-order valence-electron chi connectivity index (χ0n) is 19.3. The van der Waals surface area contributed by atoms with Crippen molar-refractivity contribution in [3.63, 3.8) is 0 Å². The van der Waals surface area contributed by atoms with Crippen LogP contribution in [-0.4, -0.2) is 25.8 Å². The smallest absolute Gasteiger partial charge is 0.307 e. The van der Waals surface area contributed by atoms with E-state index < -0.39 is 5.91 Å². The fourth-order valence-electron chi connectivity index (χ4n) is 3.35. The van der Waals surface area contributed by atoms with Crippen LogP contribution in [0.2, 0.25) is 10.0 Å². The van der Waals surface area contributed by atoms with Gasteiger partial charge in [-0.05, 0) is 82.5 Å². The maximum absolute atomic E-state index is 12.5. The first kappa shape index (κ1) is 25.9. The molecule has 0 saturated heterocycles. The fraction of sp³-hybridized carbons (Fsp3) is 0.154. The van der Waals surface area contributed by atoms with Crippen LogP contribution in [0.15, 0.2) is 68.6 Å². The lowest BCUT2D eigenvalue weighted by atomic mass is 10.2. The van der Waals surface area contributed by atoms with Crippen molar-refractivity contribution in [3.8, 4) is 17.2 Å². The average molecular weight is 592 g/mol. The number of amides is 1. The lowest BCUT2D eigenvalue weighted by Gasteiger charge is -2.14. The molecule has 0 spiro atoms. The molecule has 1 heterocycles. The average Bonchev–Trinajstić information content (AvgIpc) is 3.29. The van der Waals surface area contributed by atoms with Crippen molar-refractivity contribution in [1.82, 2.24) is 5.43 Å². The van der Waals surface area contributed by atoms with Crippen LogP contribution in [0.3, 0.4) is 0 Å². The molecule has 0 bridgehead atoms. The van der Waals surface area contributed by atoms with Crippen molar-refractivity contribution in [2.75, 3.05) is 13.7 Å². The standard InChI is InChI=1S/C26H21BrCl2N2O5/c1-3-34-18-5-7-22-17(11-18)12-24(36-22)26(32)31-30-13-16-8-19(27)25(23(10-16)33-2)35-14-15-4-6-20(28)21(29)9-15/h4-13H,3,14H2,1-2H3,(H,31,32)/b30-13+. The van der Waals surface area contributed by atoms with Crippen LogP contribution < -0.4 is 19.6 Å². The number of carbonyl (C=O) groups is 1. The summed E-state index contributed by atoms with van der Waals surface area (Å²) < 4.78 is 23.2. The van der Waals surface area contributed by atoms with Crippen LogP contribution in [0, 0.1) is 0 Å². The molecule has 1 amide bonds. The number of rotatable bonds is 9. The second kappa shape index (κ2) is 11.7. The largest absolute Gasteiger partial charge is 0.494 e. The molecule has 4 aromatic rings. The second-order valence-electron chi connectivity index (χ2n) is 7.51. The van der Waals surface area contributed by atoms with E-state index in [9.17, 15) is 4.79 Å². The van der Waals surface area contributed by atoms with Gasteiger partial charge in [0.2, 0.25) is 0 Å². The highest BCUT2D eigenvalue weighted by molar-refractivity contribution is 9.10. The summed E-state index contributed by atoms with van der Waals surface area (Å²) in [4.78, 5) is 12.5. The summed E-state index contributed by atoms with van der Waals surface area (Å²) in [5.74, 6) is 1.37. The third-order valence-electron chi connectivity index (χ3n) is 5.02. The Labute approximate surface area is 226 Å². The van der Waals surface area contributed by atoms with Gasteiger partial charge < -0.3 is 18.6 Å². The molecule has 0 fully saturated rings. The topological polar surface area (TPSA) is 82.3 Å². The number of methoxy groups -OCH3 is 1. The number of furan rings is 1. The van der Waals surface area contributed by atoms with Crippen molar-refractivity contribution in [2.45, 2.75) is 13.5 Å². The van der Waals surface area contributed by atoms with Crippen molar-refractivity contribution in [2.24, 2.45) is 5.10 Å². The Morgan fingerprint density at radius 2 is 1.92 bits per heavy atom. The predicted molar refractivity (Wildman–Crippen MR) is 144 cm³/mol. The SMILES string of the molecule is CCOc1ccc2oc(C(=O)N/N=C/c3cc(Br)c(OCc4ccc(Cl)c(Cl)c4)c(OC)c3)cc2c1. The first-order valence-electron chi connectivity index (χ1n) is 10.8. The number of halogens is 3.